The molecule has 0 spiro atoms. The van der Waals surface area contributed by atoms with E-state index in [2.05, 4.69) is 15.1 Å². The average Bonchev–Trinajstić information content (AvgIpc) is 2.23. The molecule has 6 heteroatoms. The van der Waals surface area contributed by atoms with E-state index >= 15 is 0 Å². The van der Waals surface area contributed by atoms with Crippen molar-refractivity contribution in [2.45, 2.75) is 0 Å². The van der Waals surface area contributed by atoms with Crippen LogP contribution in [0.15, 0.2) is 11.0 Å². The van der Waals surface area contributed by atoms with Crippen LogP contribution in [0.2, 0.25) is 0 Å². The molecular formula is C8H11N3O2S. The summed E-state index contributed by atoms with van der Waals surface area (Å²) in [5.74, 6) is 0. The number of ether oxygens (including phenoxy) is 1. The predicted octanol–water partition coefficient (Wildman–Crippen LogP) is 0.269. The first-order valence-electron chi connectivity index (χ1n) is 4.42. The first-order chi connectivity index (χ1) is 6.79. The van der Waals surface area contributed by atoms with Gasteiger partial charge >= 0.3 is 0 Å². The molecule has 2 rings (SSSR count). The lowest BCUT2D eigenvalue weighted by Gasteiger charge is -2.28. The highest BCUT2D eigenvalue weighted by Gasteiger charge is 2.13. The number of aromatic amines is 2. The predicted molar refractivity (Wildman–Crippen MR) is 55.3 cm³/mol. The highest BCUT2D eigenvalue weighted by Crippen LogP contribution is 2.12. The highest BCUT2D eigenvalue weighted by atomic mass is 32.1. The van der Waals surface area contributed by atoms with E-state index < -0.39 is 0 Å². The topological polar surface area (TPSA) is 61.1 Å². The third-order valence-corrected chi connectivity index (χ3v) is 2.58. The molecule has 0 saturated carbocycles. The maximum absolute atomic E-state index is 11.2. The smallest absolute Gasteiger partial charge is 0.282 e. The van der Waals surface area contributed by atoms with Crippen LogP contribution in [0.1, 0.15) is 0 Å². The van der Waals surface area contributed by atoms with E-state index in [1.807, 2.05) is 0 Å². The molecule has 2 N–H and O–H groups in total. The second kappa shape index (κ2) is 3.93. The zero-order valence-corrected chi connectivity index (χ0v) is 8.39. The standard InChI is InChI=1S/C8H11N3O2S/c12-8-7(14)6(5-9-10-8)11-1-3-13-4-2-11/h5H,1-4H2,(H,9,14)(H,10,12). The summed E-state index contributed by atoms with van der Waals surface area (Å²) in [7, 11) is 0. The summed E-state index contributed by atoms with van der Waals surface area (Å²) in [5.41, 5.74) is 0.538. The largest absolute Gasteiger partial charge is 0.378 e. The van der Waals surface area contributed by atoms with Gasteiger partial charge in [-0.2, -0.15) is 0 Å². The van der Waals surface area contributed by atoms with Crippen LogP contribution < -0.4 is 10.5 Å². The van der Waals surface area contributed by atoms with Gasteiger partial charge in [0, 0.05) is 19.3 Å². The minimum atomic E-state index is -0.246. The average molecular weight is 213 g/mol. The Morgan fingerprint density at radius 2 is 2.14 bits per heavy atom. The molecule has 1 aromatic rings. The quantitative estimate of drug-likeness (QED) is 0.657. The van der Waals surface area contributed by atoms with Crippen LogP contribution in [0.25, 0.3) is 0 Å². The number of aromatic nitrogens is 2. The third-order valence-electron chi connectivity index (χ3n) is 2.19. The van der Waals surface area contributed by atoms with E-state index in [1.165, 1.54) is 0 Å². The first-order valence-corrected chi connectivity index (χ1v) is 4.83. The number of morpholine rings is 1. The minimum absolute atomic E-state index is 0.246. The lowest BCUT2D eigenvalue weighted by atomic mass is 10.3. The Kier molecular flexibility index (Phi) is 2.64. The van der Waals surface area contributed by atoms with Crippen LogP contribution in [0.3, 0.4) is 0 Å². The Bertz CT molecular complexity index is 419. The van der Waals surface area contributed by atoms with Crippen LogP contribution in [0, 0.1) is 4.51 Å². The molecule has 0 atom stereocenters. The zero-order valence-electron chi connectivity index (χ0n) is 7.58. The number of nitrogens with zero attached hydrogens (tertiary/aromatic N) is 1. The maximum Gasteiger partial charge on any atom is 0.282 e. The lowest BCUT2D eigenvalue weighted by Crippen LogP contribution is -2.37. The number of hydrogen-bond acceptors (Lipinski definition) is 4. The van der Waals surface area contributed by atoms with E-state index in [4.69, 9.17) is 17.0 Å². The van der Waals surface area contributed by atoms with Gasteiger partial charge in [0.1, 0.15) is 4.51 Å². The molecule has 1 saturated heterocycles. The molecule has 1 fully saturated rings. The van der Waals surface area contributed by atoms with Crippen molar-refractivity contribution in [3.8, 4) is 0 Å². The summed E-state index contributed by atoms with van der Waals surface area (Å²) in [5, 5.41) is 5.12. The van der Waals surface area contributed by atoms with Gasteiger partial charge in [0.05, 0.1) is 18.9 Å². The normalized spacial score (nSPS) is 17.0. The molecule has 0 amide bonds. The Hall–Kier alpha value is -1.14. The van der Waals surface area contributed by atoms with Crippen LogP contribution in [0.4, 0.5) is 5.69 Å². The molecule has 2 heterocycles. The van der Waals surface area contributed by atoms with Crippen molar-refractivity contribution in [1.82, 2.24) is 10.2 Å². The van der Waals surface area contributed by atoms with Gasteiger partial charge in [-0.05, 0) is 0 Å². The summed E-state index contributed by atoms with van der Waals surface area (Å²) in [4.78, 5) is 13.3. The number of H-pyrrole nitrogens is 2. The van der Waals surface area contributed by atoms with E-state index in [9.17, 15) is 4.79 Å². The highest BCUT2D eigenvalue weighted by molar-refractivity contribution is 7.71. The monoisotopic (exact) mass is 213 g/mol. The van der Waals surface area contributed by atoms with Crippen molar-refractivity contribution in [2.75, 3.05) is 31.2 Å². The number of anilines is 1. The second-order valence-corrected chi connectivity index (χ2v) is 3.46. The van der Waals surface area contributed by atoms with E-state index in [-0.39, 0.29) is 5.56 Å². The summed E-state index contributed by atoms with van der Waals surface area (Å²) in [6, 6.07) is 0. The molecular weight excluding hydrogens is 202 g/mol. The van der Waals surface area contributed by atoms with E-state index in [0.29, 0.717) is 17.7 Å². The van der Waals surface area contributed by atoms with Crippen LogP contribution in [-0.2, 0) is 4.74 Å². The Morgan fingerprint density at radius 3 is 2.86 bits per heavy atom. The van der Waals surface area contributed by atoms with Crippen LogP contribution >= 0.6 is 12.2 Å². The SMILES string of the molecule is O=c1[nH][nH]cc(N2CCOCC2)c1=S. The van der Waals surface area contributed by atoms with E-state index in [1.54, 1.807) is 6.20 Å². The fraction of sp³-hybridized carbons (Fsp3) is 0.500. The summed E-state index contributed by atoms with van der Waals surface area (Å²) in [6.07, 6.45) is 1.72. The van der Waals surface area contributed by atoms with Gasteiger partial charge in [-0.25, -0.2) is 0 Å². The van der Waals surface area contributed by atoms with Crippen molar-refractivity contribution in [2.24, 2.45) is 0 Å². The number of nitrogens with one attached hydrogen (secondary N) is 2. The van der Waals surface area contributed by atoms with Gasteiger partial charge < -0.3 is 14.7 Å². The molecule has 0 unspecified atom stereocenters. The second-order valence-electron chi connectivity index (χ2n) is 3.06. The molecule has 76 valence electrons. The van der Waals surface area contributed by atoms with Gasteiger partial charge in [-0.1, -0.05) is 12.2 Å². The summed E-state index contributed by atoms with van der Waals surface area (Å²) >= 11 is 5.03. The fourth-order valence-electron chi connectivity index (χ4n) is 1.45. The van der Waals surface area contributed by atoms with Gasteiger partial charge in [0.25, 0.3) is 5.56 Å². The molecule has 0 aromatic carbocycles. The van der Waals surface area contributed by atoms with Gasteiger partial charge in [0.15, 0.2) is 0 Å². The first kappa shape index (κ1) is 9.42. The summed E-state index contributed by atoms with van der Waals surface area (Å²) in [6.45, 7) is 2.92. The van der Waals surface area contributed by atoms with Crippen LogP contribution in [-0.4, -0.2) is 36.5 Å². The van der Waals surface area contributed by atoms with Gasteiger partial charge in [-0.15, -0.1) is 0 Å². The summed E-state index contributed by atoms with van der Waals surface area (Å²) < 4.78 is 5.56. The lowest BCUT2D eigenvalue weighted by molar-refractivity contribution is 0.122. The maximum atomic E-state index is 11.2. The van der Waals surface area contributed by atoms with E-state index in [0.717, 1.165) is 18.8 Å². The minimum Gasteiger partial charge on any atom is -0.378 e. The molecule has 1 aliphatic heterocycles. The van der Waals surface area contributed by atoms with Crippen molar-refractivity contribution in [3.05, 3.63) is 21.1 Å². The molecule has 1 aromatic heterocycles. The van der Waals surface area contributed by atoms with Crippen molar-refractivity contribution >= 4 is 17.9 Å². The third kappa shape index (κ3) is 1.71. The van der Waals surface area contributed by atoms with Gasteiger partial charge in [-0.3, -0.25) is 9.89 Å². The van der Waals surface area contributed by atoms with Crippen molar-refractivity contribution < 1.29 is 4.74 Å². The zero-order chi connectivity index (χ0) is 9.97. The Labute approximate surface area is 85.7 Å². The number of hydrogen-bond donors (Lipinski definition) is 2. The van der Waals surface area contributed by atoms with Crippen molar-refractivity contribution in [1.29, 1.82) is 0 Å². The Balaban J connectivity index is 2.35. The molecule has 5 nitrogen and oxygen atoms in total. The molecule has 14 heavy (non-hydrogen) atoms. The van der Waals surface area contributed by atoms with Crippen molar-refractivity contribution in [3.63, 3.8) is 0 Å². The Morgan fingerprint density at radius 1 is 1.43 bits per heavy atom. The molecule has 0 bridgehead atoms. The van der Waals surface area contributed by atoms with Crippen LogP contribution in [0.5, 0.6) is 0 Å². The molecule has 0 radical (unpaired) electrons. The number of rotatable bonds is 1. The van der Waals surface area contributed by atoms with Gasteiger partial charge in [0.2, 0.25) is 0 Å². The molecule has 1 aliphatic rings. The fourth-order valence-corrected chi connectivity index (χ4v) is 1.69. The molecule has 0 aliphatic carbocycles.